The summed E-state index contributed by atoms with van der Waals surface area (Å²) in [5.41, 5.74) is 3.54. The van der Waals surface area contributed by atoms with Gasteiger partial charge in [-0.1, -0.05) is 26.0 Å². The van der Waals surface area contributed by atoms with E-state index in [1.54, 1.807) is 6.20 Å². The normalized spacial score (nSPS) is 11.3. The summed E-state index contributed by atoms with van der Waals surface area (Å²) in [5, 5.41) is 3.40. The molecule has 4 heteroatoms. The lowest BCUT2D eigenvalue weighted by atomic mass is 10.2. The molecule has 1 N–H and O–H groups in total. The van der Waals surface area contributed by atoms with E-state index in [0.717, 1.165) is 25.3 Å². The lowest BCUT2D eigenvalue weighted by Crippen LogP contribution is -2.22. The maximum absolute atomic E-state index is 4.54. The van der Waals surface area contributed by atoms with Crippen LogP contribution < -0.4 is 5.32 Å². The first-order chi connectivity index (χ1) is 10.1. The molecule has 0 fully saturated rings. The Kier molecular flexibility index (Phi) is 5.84. The number of hydrogen-bond acceptors (Lipinski definition) is 4. The van der Waals surface area contributed by atoms with Gasteiger partial charge in [0.25, 0.3) is 0 Å². The van der Waals surface area contributed by atoms with E-state index in [1.165, 1.54) is 11.1 Å². The van der Waals surface area contributed by atoms with Gasteiger partial charge in [-0.2, -0.15) is 0 Å². The highest BCUT2D eigenvalue weighted by Gasteiger charge is 2.03. The minimum Gasteiger partial charge on any atom is -0.310 e. The lowest BCUT2D eigenvalue weighted by molar-refractivity contribution is 0.314. The predicted octanol–water partition coefficient (Wildman–Crippen LogP) is 2.61. The van der Waals surface area contributed by atoms with Crippen LogP contribution >= 0.6 is 0 Å². The third-order valence-electron chi connectivity index (χ3n) is 3.21. The van der Waals surface area contributed by atoms with E-state index in [2.05, 4.69) is 59.3 Å². The summed E-state index contributed by atoms with van der Waals surface area (Å²) in [6.07, 6.45) is 5.67. The fourth-order valence-corrected chi connectivity index (χ4v) is 2.11. The van der Waals surface area contributed by atoms with Gasteiger partial charge in [0.2, 0.25) is 0 Å². The van der Waals surface area contributed by atoms with E-state index in [4.69, 9.17) is 0 Å². The Balaban J connectivity index is 1.85. The summed E-state index contributed by atoms with van der Waals surface area (Å²) in [5.74, 6) is 0. The molecule has 2 aromatic rings. The molecule has 0 amide bonds. The summed E-state index contributed by atoms with van der Waals surface area (Å²) in [4.78, 5) is 10.9. The molecule has 2 rings (SSSR count). The molecule has 0 aliphatic heterocycles. The summed E-state index contributed by atoms with van der Waals surface area (Å²) in [6, 6.07) is 8.82. The van der Waals surface area contributed by atoms with Crippen molar-refractivity contribution >= 4 is 0 Å². The first kappa shape index (κ1) is 15.6. The first-order valence-corrected chi connectivity index (χ1v) is 7.38. The van der Waals surface area contributed by atoms with Crippen molar-refractivity contribution in [3.05, 3.63) is 59.7 Å². The van der Waals surface area contributed by atoms with Gasteiger partial charge < -0.3 is 5.32 Å². The van der Waals surface area contributed by atoms with Gasteiger partial charge in [0.1, 0.15) is 0 Å². The molecular weight excluding hydrogens is 260 g/mol. The van der Waals surface area contributed by atoms with Crippen LogP contribution in [0.4, 0.5) is 0 Å². The van der Waals surface area contributed by atoms with Crippen molar-refractivity contribution in [3.63, 3.8) is 0 Å². The van der Waals surface area contributed by atoms with Gasteiger partial charge in [0.05, 0.1) is 5.69 Å². The summed E-state index contributed by atoms with van der Waals surface area (Å²) in [6.45, 7) is 6.89. The Morgan fingerprint density at radius 2 is 1.95 bits per heavy atom. The van der Waals surface area contributed by atoms with Crippen LogP contribution in [0.2, 0.25) is 0 Å². The van der Waals surface area contributed by atoms with Crippen LogP contribution in [-0.2, 0) is 19.6 Å². The van der Waals surface area contributed by atoms with Crippen molar-refractivity contribution < 1.29 is 0 Å². The van der Waals surface area contributed by atoms with Gasteiger partial charge in [0.15, 0.2) is 0 Å². The number of nitrogens with one attached hydrogen (secondary N) is 1. The van der Waals surface area contributed by atoms with E-state index in [0.29, 0.717) is 6.04 Å². The number of nitrogens with zero attached hydrogens (tertiary/aromatic N) is 3. The molecule has 2 aromatic heterocycles. The van der Waals surface area contributed by atoms with E-state index < -0.39 is 0 Å². The topological polar surface area (TPSA) is 41.0 Å². The van der Waals surface area contributed by atoms with E-state index in [9.17, 15) is 0 Å². The standard InChI is InChI=1S/C17H24N4/c1-14(2)19-10-15-6-7-17(20-11-15)13-21(3)12-16-5-4-8-18-9-16/h4-9,11,14,19H,10,12-13H2,1-3H3. The van der Waals surface area contributed by atoms with Crippen molar-refractivity contribution in [3.8, 4) is 0 Å². The van der Waals surface area contributed by atoms with Crippen LogP contribution in [0.1, 0.15) is 30.7 Å². The molecule has 0 unspecified atom stereocenters. The minimum absolute atomic E-state index is 0.496. The predicted molar refractivity (Wildman–Crippen MR) is 85.6 cm³/mol. The Morgan fingerprint density at radius 1 is 1.10 bits per heavy atom. The molecule has 0 aromatic carbocycles. The van der Waals surface area contributed by atoms with Gasteiger partial charge in [-0.3, -0.25) is 14.9 Å². The third kappa shape index (κ3) is 5.61. The molecular formula is C17H24N4. The van der Waals surface area contributed by atoms with Crippen molar-refractivity contribution in [2.24, 2.45) is 0 Å². The van der Waals surface area contributed by atoms with Crippen molar-refractivity contribution in [1.29, 1.82) is 0 Å². The highest BCUT2D eigenvalue weighted by atomic mass is 15.1. The molecule has 0 aliphatic carbocycles. The molecule has 21 heavy (non-hydrogen) atoms. The number of aromatic nitrogens is 2. The zero-order chi connectivity index (χ0) is 15.1. The second-order valence-corrected chi connectivity index (χ2v) is 5.73. The quantitative estimate of drug-likeness (QED) is 0.848. The van der Waals surface area contributed by atoms with E-state index >= 15 is 0 Å². The average molecular weight is 284 g/mol. The van der Waals surface area contributed by atoms with Crippen LogP contribution in [-0.4, -0.2) is 28.0 Å². The number of hydrogen-bond donors (Lipinski definition) is 1. The second-order valence-electron chi connectivity index (χ2n) is 5.73. The molecule has 0 bridgehead atoms. The molecule has 112 valence electrons. The van der Waals surface area contributed by atoms with E-state index in [1.807, 2.05) is 18.5 Å². The fourth-order valence-electron chi connectivity index (χ4n) is 2.11. The SMILES string of the molecule is CC(C)NCc1ccc(CN(C)Cc2cccnc2)nc1. The highest BCUT2D eigenvalue weighted by molar-refractivity contribution is 5.14. The lowest BCUT2D eigenvalue weighted by Gasteiger charge is -2.16. The van der Waals surface area contributed by atoms with Crippen LogP contribution in [0.15, 0.2) is 42.9 Å². The van der Waals surface area contributed by atoms with Crippen molar-refractivity contribution in [1.82, 2.24) is 20.2 Å². The zero-order valence-corrected chi connectivity index (χ0v) is 13.1. The third-order valence-corrected chi connectivity index (χ3v) is 3.21. The molecule has 0 saturated carbocycles. The van der Waals surface area contributed by atoms with E-state index in [-0.39, 0.29) is 0 Å². The molecule has 4 nitrogen and oxygen atoms in total. The van der Waals surface area contributed by atoms with Gasteiger partial charge in [-0.25, -0.2) is 0 Å². The summed E-state index contributed by atoms with van der Waals surface area (Å²) < 4.78 is 0. The van der Waals surface area contributed by atoms with Crippen LogP contribution in [0.3, 0.4) is 0 Å². The monoisotopic (exact) mass is 284 g/mol. The largest absolute Gasteiger partial charge is 0.310 e. The number of rotatable bonds is 7. The molecule has 0 radical (unpaired) electrons. The Bertz CT molecular complexity index is 522. The first-order valence-electron chi connectivity index (χ1n) is 7.38. The van der Waals surface area contributed by atoms with Gasteiger partial charge in [-0.05, 0) is 30.3 Å². The van der Waals surface area contributed by atoms with Crippen LogP contribution in [0, 0.1) is 0 Å². The van der Waals surface area contributed by atoms with Crippen LogP contribution in [0.5, 0.6) is 0 Å². The Morgan fingerprint density at radius 3 is 2.57 bits per heavy atom. The molecule has 2 heterocycles. The minimum atomic E-state index is 0.496. The molecule has 0 saturated heterocycles. The maximum Gasteiger partial charge on any atom is 0.0544 e. The highest BCUT2D eigenvalue weighted by Crippen LogP contribution is 2.07. The number of pyridine rings is 2. The summed E-state index contributed by atoms with van der Waals surface area (Å²) in [7, 11) is 2.10. The smallest absolute Gasteiger partial charge is 0.0544 e. The summed E-state index contributed by atoms with van der Waals surface area (Å²) >= 11 is 0. The average Bonchev–Trinajstić information content (AvgIpc) is 2.47. The van der Waals surface area contributed by atoms with Crippen molar-refractivity contribution in [2.45, 2.75) is 39.5 Å². The van der Waals surface area contributed by atoms with Crippen LogP contribution in [0.25, 0.3) is 0 Å². The van der Waals surface area contributed by atoms with Gasteiger partial charge in [-0.15, -0.1) is 0 Å². The molecule has 0 aliphatic rings. The Labute approximate surface area is 127 Å². The zero-order valence-electron chi connectivity index (χ0n) is 13.1. The fraction of sp³-hybridized carbons (Fsp3) is 0.412. The van der Waals surface area contributed by atoms with Gasteiger partial charge in [0, 0.05) is 44.3 Å². The maximum atomic E-state index is 4.54. The Hall–Kier alpha value is -1.78. The molecule has 0 atom stereocenters. The van der Waals surface area contributed by atoms with Crippen molar-refractivity contribution in [2.75, 3.05) is 7.05 Å². The second kappa shape index (κ2) is 7.86. The van der Waals surface area contributed by atoms with Gasteiger partial charge >= 0.3 is 0 Å². The molecule has 0 spiro atoms.